The quantitative estimate of drug-likeness (QED) is 0.685. The average molecular weight is 409 g/mol. The van der Waals surface area contributed by atoms with Gasteiger partial charge in [-0.3, -0.25) is 10.1 Å². The van der Waals surface area contributed by atoms with Gasteiger partial charge in [-0.25, -0.2) is 0 Å². The molecule has 24 heavy (non-hydrogen) atoms. The Labute approximate surface area is 150 Å². The molecule has 0 unspecified atom stereocenters. The number of anilines is 1. The molecule has 0 aliphatic heterocycles. The van der Waals surface area contributed by atoms with Crippen LogP contribution in [0.2, 0.25) is 5.02 Å². The van der Waals surface area contributed by atoms with Crippen LogP contribution in [0.1, 0.15) is 0 Å². The Bertz CT molecular complexity index is 852. The normalized spacial score (nSPS) is 10.4. The van der Waals surface area contributed by atoms with Gasteiger partial charge < -0.3 is 9.15 Å². The largest absolute Gasteiger partial charge is 0.484 e. The van der Waals surface area contributed by atoms with Crippen molar-refractivity contribution in [1.82, 2.24) is 10.2 Å². The van der Waals surface area contributed by atoms with Gasteiger partial charge in [-0.2, -0.15) is 0 Å². The molecule has 1 amide bonds. The van der Waals surface area contributed by atoms with E-state index in [-0.39, 0.29) is 12.6 Å². The number of hydrogen-bond acceptors (Lipinski definition) is 5. The minimum atomic E-state index is -0.408. The lowest BCUT2D eigenvalue weighted by molar-refractivity contribution is -0.118. The molecule has 1 aromatic heterocycles. The average Bonchev–Trinajstić information content (AvgIpc) is 3.03. The first-order valence-electron chi connectivity index (χ1n) is 6.88. The van der Waals surface area contributed by atoms with Crippen molar-refractivity contribution in [3.8, 4) is 17.2 Å². The lowest BCUT2D eigenvalue weighted by Gasteiger charge is -2.05. The van der Waals surface area contributed by atoms with Crippen molar-refractivity contribution in [2.24, 2.45) is 0 Å². The Hall–Kier alpha value is -2.38. The molecule has 8 heteroatoms. The summed E-state index contributed by atoms with van der Waals surface area (Å²) in [5.74, 6) is 0.439. The van der Waals surface area contributed by atoms with Gasteiger partial charge in [0.2, 0.25) is 5.89 Å². The number of rotatable bonds is 5. The number of halogens is 2. The summed E-state index contributed by atoms with van der Waals surface area (Å²) >= 11 is 9.15. The fourth-order valence-electron chi connectivity index (χ4n) is 1.85. The van der Waals surface area contributed by atoms with Crippen molar-refractivity contribution in [2.45, 2.75) is 0 Å². The van der Waals surface area contributed by atoms with Gasteiger partial charge in [0.25, 0.3) is 5.91 Å². The zero-order valence-corrected chi connectivity index (χ0v) is 14.5. The van der Waals surface area contributed by atoms with Crippen LogP contribution in [0.25, 0.3) is 11.5 Å². The Kier molecular flexibility index (Phi) is 5.12. The van der Waals surface area contributed by atoms with E-state index in [2.05, 4.69) is 31.4 Å². The van der Waals surface area contributed by atoms with E-state index in [1.54, 1.807) is 24.3 Å². The van der Waals surface area contributed by atoms with E-state index in [0.29, 0.717) is 16.7 Å². The predicted octanol–water partition coefficient (Wildman–Crippen LogP) is 4.17. The highest BCUT2D eigenvalue weighted by atomic mass is 79.9. The second-order valence-electron chi connectivity index (χ2n) is 4.71. The number of amides is 1. The predicted molar refractivity (Wildman–Crippen MR) is 93.0 cm³/mol. The minimum Gasteiger partial charge on any atom is -0.484 e. The van der Waals surface area contributed by atoms with E-state index in [4.69, 9.17) is 20.8 Å². The van der Waals surface area contributed by atoms with Gasteiger partial charge >= 0.3 is 6.01 Å². The first-order valence-corrected chi connectivity index (χ1v) is 8.05. The Balaban J connectivity index is 1.58. The maximum absolute atomic E-state index is 11.9. The van der Waals surface area contributed by atoms with E-state index in [1.807, 2.05) is 24.3 Å². The van der Waals surface area contributed by atoms with Crippen LogP contribution in [0.5, 0.6) is 5.75 Å². The van der Waals surface area contributed by atoms with Crippen LogP contribution < -0.4 is 10.1 Å². The van der Waals surface area contributed by atoms with Crippen molar-refractivity contribution in [3.05, 3.63) is 58.0 Å². The van der Waals surface area contributed by atoms with Crippen LogP contribution in [0.15, 0.2) is 57.4 Å². The van der Waals surface area contributed by atoms with Gasteiger partial charge in [0.1, 0.15) is 5.75 Å². The molecule has 0 aliphatic carbocycles. The summed E-state index contributed by atoms with van der Waals surface area (Å²) in [6.45, 7) is -0.184. The highest BCUT2D eigenvalue weighted by molar-refractivity contribution is 9.10. The SMILES string of the molecule is O=C(COc1ccc(Cl)cc1)Nc1nnc(-c2cccc(Br)c2)o1. The summed E-state index contributed by atoms with van der Waals surface area (Å²) in [6.07, 6.45) is 0. The number of hydrogen-bond donors (Lipinski definition) is 1. The summed E-state index contributed by atoms with van der Waals surface area (Å²) in [5, 5.41) is 10.8. The van der Waals surface area contributed by atoms with Crippen LogP contribution in [-0.2, 0) is 4.79 Å². The number of ether oxygens (including phenoxy) is 1. The van der Waals surface area contributed by atoms with Gasteiger partial charge in [-0.05, 0) is 42.5 Å². The molecule has 1 heterocycles. The molecule has 0 spiro atoms. The van der Waals surface area contributed by atoms with Gasteiger partial charge in [0.15, 0.2) is 6.61 Å². The van der Waals surface area contributed by atoms with Crippen LogP contribution in [0.4, 0.5) is 6.01 Å². The smallest absolute Gasteiger partial charge is 0.322 e. The Morgan fingerprint density at radius 3 is 2.75 bits per heavy atom. The van der Waals surface area contributed by atoms with E-state index < -0.39 is 5.91 Å². The summed E-state index contributed by atoms with van der Waals surface area (Å²) in [4.78, 5) is 11.9. The molecule has 122 valence electrons. The molecule has 6 nitrogen and oxygen atoms in total. The monoisotopic (exact) mass is 407 g/mol. The van der Waals surface area contributed by atoms with Crippen LogP contribution in [-0.4, -0.2) is 22.7 Å². The van der Waals surface area contributed by atoms with E-state index in [0.717, 1.165) is 10.0 Å². The second-order valence-corrected chi connectivity index (χ2v) is 6.07. The molecular formula is C16H11BrClN3O3. The summed E-state index contributed by atoms with van der Waals surface area (Å²) in [7, 11) is 0. The zero-order chi connectivity index (χ0) is 16.9. The molecule has 2 aromatic carbocycles. The van der Waals surface area contributed by atoms with Gasteiger partial charge in [0.05, 0.1) is 0 Å². The maximum Gasteiger partial charge on any atom is 0.322 e. The molecule has 0 saturated heterocycles. The minimum absolute atomic E-state index is 0.00896. The Morgan fingerprint density at radius 1 is 1.21 bits per heavy atom. The lowest BCUT2D eigenvalue weighted by Crippen LogP contribution is -2.20. The van der Waals surface area contributed by atoms with E-state index >= 15 is 0 Å². The molecule has 0 aliphatic rings. The molecule has 0 fully saturated rings. The van der Waals surface area contributed by atoms with Gasteiger partial charge in [-0.1, -0.05) is 38.7 Å². The highest BCUT2D eigenvalue weighted by Crippen LogP contribution is 2.23. The Morgan fingerprint density at radius 2 is 2.00 bits per heavy atom. The third-order valence-electron chi connectivity index (χ3n) is 2.93. The molecular weight excluding hydrogens is 398 g/mol. The highest BCUT2D eigenvalue weighted by Gasteiger charge is 2.12. The van der Waals surface area contributed by atoms with Crippen LogP contribution >= 0.6 is 27.5 Å². The number of carbonyl (C=O) groups is 1. The van der Waals surface area contributed by atoms with Crippen molar-refractivity contribution in [3.63, 3.8) is 0 Å². The summed E-state index contributed by atoms with van der Waals surface area (Å²) in [6, 6.07) is 14.1. The molecule has 0 bridgehead atoms. The second kappa shape index (κ2) is 7.46. The molecule has 0 radical (unpaired) electrons. The number of aromatic nitrogens is 2. The van der Waals surface area contributed by atoms with Crippen LogP contribution in [0.3, 0.4) is 0 Å². The fraction of sp³-hybridized carbons (Fsp3) is 0.0625. The maximum atomic E-state index is 11.9. The van der Waals surface area contributed by atoms with Gasteiger partial charge in [-0.15, -0.1) is 5.10 Å². The van der Waals surface area contributed by atoms with E-state index in [9.17, 15) is 4.79 Å². The first-order chi connectivity index (χ1) is 11.6. The number of benzene rings is 2. The third kappa shape index (κ3) is 4.33. The fourth-order valence-corrected chi connectivity index (χ4v) is 2.37. The van der Waals surface area contributed by atoms with Crippen molar-refractivity contribution >= 4 is 39.5 Å². The first kappa shape index (κ1) is 16.5. The van der Waals surface area contributed by atoms with E-state index in [1.165, 1.54) is 0 Å². The molecule has 3 aromatic rings. The van der Waals surface area contributed by atoms with Crippen LogP contribution in [0, 0.1) is 0 Å². The topological polar surface area (TPSA) is 77.2 Å². The summed E-state index contributed by atoms with van der Waals surface area (Å²) in [5.41, 5.74) is 0.745. The number of nitrogens with one attached hydrogen (secondary N) is 1. The number of carbonyl (C=O) groups excluding carboxylic acids is 1. The number of nitrogens with zero attached hydrogens (tertiary/aromatic N) is 2. The summed E-state index contributed by atoms with van der Waals surface area (Å²) < 4.78 is 11.6. The standard InChI is InChI=1S/C16H11BrClN3O3/c17-11-3-1-2-10(8-11)15-20-21-16(24-15)19-14(22)9-23-13-6-4-12(18)5-7-13/h1-8H,9H2,(H,19,21,22). The molecule has 3 rings (SSSR count). The van der Waals surface area contributed by atoms with Crippen molar-refractivity contribution in [2.75, 3.05) is 11.9 Å². The molecule has 0 atom stereocenters. The molecule has 0 saturated carbocycles. The molecule has 1 N–H and O–H groups in total. The van der Waals surface area contributed by atoms with Crippen molar-refractivity contribution < 1.29 is 13.9 Å². The van der Waals surface area contributed by atoms with Gasteiger partial charge in [0, 0.05) is 15.1 Å². The third-order valence-corrected chi connectivity index (χ3v) is 3.67. The lowest BCUT2D eigenvalue weighted by atomic mass is 10.2. The zero-order valence-electron chi connectivity index (χ0n) is 12.2. The van der Waals surface area contributed by atoms with Crippen molar-refractivity contribution in [1.29, 1.82) is 0 Å².